The van der Waals surface area contributed by atoms with Gasteiger partial charge in [-0.3, -0.25) is 4.98 Å². The van der Waals surface area contributed by atoms with Gasteiger partial charge in [-0.25, -0.2) is 4.79 Å². The summed E-state index contributed by atoms with van der Waals surface area (Å²) in [5.74, 6) is 0.795. The van der Waals surface area contributed by atoms with Gasteiger partial charge in [0.05, 0.1) is 11.4 Å². The first-order valence-electron chi connectivity index (χ1n) is 9.27. The molecule has 4 aromatic rings. The molecule has 0 saturated heterocycles. The van der Waals surface area contributed by atoms with Crippen molar-refractivity contribution in [3.63, 3.8) is 0 Å². The van der Waals surface area contributed by atoms with Crippen molar-refractivity contribution in [2.24, 2.45) is 7.05 Å². The van der Waals surface area contributed by atoms with Crippen LogP contribution in [-0.4, -0.2) is 24.8 Å². The summed E-state index contributed by atoms with van der Waals surface area (Å²) in [5, 5.41) is 7.72. The first kappa shape index (κ1) is 18.6. The van der Waals surface area contributed by atoms with Crippen LogP contribution >= 0.6 is 0 Å². The smallest absolute Gasteiger partial charge is 0.368 e. The largest absolute Gasteiger partial charge is 0.489 e. The highest BCUT2D eigenvalue weighted by atomic mass is 16.5. The maximum Gasteiger partial charge on any atom is 0.368 e. The van der Waals surface area contributed by atoms with Crippen molar-refractivity contribution in [1.82, 2.24) is 24.8 Å². The van der Waals surface area contributed by atoms with E-state index in [0.29, 0.717) is 12.3 Å². The highest BCUT2D eigenvalue weighted by Gasteiger charge is 2.13. The molecule has 0 aliphatic rings. The number of para-hydroxylation sites is 1. The van der Waals surface area contributed by atoms with E-state index in [1.54, 1.807) is 13.2 Å². The van der Waals surface area contributed by atoms with Crippen molar-refractivity contribution in [1.29, 1.82) is 0 Å². The molecule has 7 nitrogen and oxygen atoms in total. The molecular formula is C22H21N5O2. The SMILES string of the molecule is Cc1cc(-c2ccccn2)c(C)cc1OCc1ccccc1-n1nnn(C)c1=O. The summed E-state index contributed by atoms with van der Waals surface area (Å²) in [6.45, 7) is 4.37. The molecule has 0 aliphatic heterocycles. The lowest BCUT2D eigenvalue weighted by molar-refractivity contribution is 0.303. The minimum absolute atomic E-state index is 0.302. The Bertz CT molecular complexity index is 1210. The fourth-order valence-corrected chi connectivity index (χ4v) is 3.20. The average Bonchev–Trinajstić information content (AvgIpc) is 3.07. The summed E-state index contributed by atoms with van der Waals surface area (Å²) in [4.78, 5) is 16.7. The van der Waals surface area contributed by atoms with Crippen molar-refractivity contribution in [2.75, 3.05) is 0 Å². The number of aromatic nitrogens is 5. The molecule has 0 aliphatic carbocycles. The lowest BCUT2D eigenvalue weighted by Gasteiger charge is -2.14. The average molecular weight is 387 g/mol. The zero-order valence-electron chi connectivity index (χ0n) is 16.5. The van der Waals surface area contributed by atoms with Crippen LogP contribution in [0.2, 0.25) is 0 Å². The maximum atomic E-state index is 12.2. The van der Waals surface area contributed by atoms with Gasteiger partial charge in [0.15, 0.2) is 0 Å². The van der Waals surface area contributed by atoms with Crippen LogP contribution < -0.4 is 10.4 Å². The zero-order valence-corrected chi connectivity index (χ0v) is 16.5. The van der Waals surface area contributed by atoms with Crippen molar-refractivity contribution in [3.05, 3.63) is 88.0 Å². The number of aryl methyl sites for hydroxylation is 3. The van der Waals surface area contributed by atoms with E-state index in [0.717, 1.165) is 33.7 Å². The van der Waals surface area contributed by atoms with Gasteiger partial charge in [0.25, 0.3) is 0 Å². The summed E-state index contributed by atoms with van der Waals surface area (Å²) in [7, 11) is 1.57. The number of pyridine rings is 1. The summed E-state index contributed by atoms with van der Waals surface area (Å²) < 4.78 is 8.59. The number of nitrogens with zero attached hydrogens (tertiary/aromatic N) is 5. The molecule has 0 amide bonds. The standard InChI is InChI=1S/C22H21N5O2/c1-15-13-21(16(2)12-18(15)19-9-6-7-11-23-19)29-14-17-8-4-5-10-20(17)27-22(28)26(3)24-25-27/h4-13H,14H2,1-3H3. The molecule has 0 saturated carbocycles. The van der Waals surface area contributed by atoms with Gasteiger partial charge < -0.3 is 4.74 Å². The molecule has 2 heterocycles. The van der Waals surface area contributed by atoms with Gasteiger partial charge in [-0.05, 0) is 65.7 Å². The number of hydrogen-bond acceptors (Lipinski definition) is 5. The minimum Gasteiger partial charge on any atom is -0.489 e. The molecular weight excluding hydrogens is 366 g/mol. The van der Waals surface area contributed by atoms with E-state index >= 15 is 0 Å². The summed E-state index contributed by atoms with van der Waals surface area (Å²) in [5.41, 5.74) is 5.33. The first-order chi connectivity index (χ1) is 14.0. The zero-order chi connectivity index (χ0) is 20.4. The Morgan fingerprint density at radius 2 is 1.76 bits per heavy atom. The second kappa shape index (κ2) is 7.71. The Kier molecular flexibility index (Phi) is 4.95. The Morgan fingerprint density at radius 3 is 2.48 bits per heavy atom. The van der Waals surface area contributed by atoms with Crippen LogP contribution in [0.4, 0.5) is 0 Å². The van der Waals surface area contributed by atoms with Crippen molar-refractivity contribution >= 4 is 0 Å². The van der Waals surface area contributed by atoms with Gasteiger partial charge in [0, 0.05) is 24.4 Å². The van der Waals surface area contributed by atoms with Crippen LogP contribution in [0.3, 0.4) is 0 Å². The van der Waals surface area contributed by atoms with Crippen molar-refractivity contribution < 1.29 is 4.74 Å². The molecule has 0 radical (unpaired) electrons. The second-order valence-corrected chi connectivity index (χ2v) is 6.86. The van der Waals surface area contributed by atoms with Crippen LogP contribution in [0.1, 0.15) is 16.7 Å². The second-order valence-electron chi connectivity index (χ2n) is 6.86. The van der Waals surface area contributed by atoms with Gasteiger partial charge in [-0.1, -0.05) is 24.3 Å². The fraction of sp³-hybridized carbons (Fsp3) is 0.182. The molecule has 0 unspecified atom stereocenters. The molecule has 0 bridgehead atoms. The summed E-state index contributed by atoms with van der Waals surface area (Å²) in [6.07, 6.45) is 1.79. The monoisotopic (exact) mass is 387 g/mol. The third kappa shape index (κ3) is 3.67. The molecule has 0 fully saturated rings. The quantitative estimate of drug-likeness (QED) is 0.526. The van der Waals surface area contributed by atoms with Gasteiger partial charge in [0.2, 0.25) is 0 Å². The van der Waals surface area contributed by atoms with Gasteiger partial charge in [-0.2, -0.15) is 9.36 Å². The Hall–Kier alpha value is -3.74. The fourth-order valence-electron chi connectivity index (χ4n) is 3.20. The van der Waals surface area contributed by atoms with Crippen LogP contribution in [0.25, 0.3) is 16.9 Å². The third-order valence-electron chi connectivity index (χ3n) is 4.79. The number of tetrazole rings is 1. The van der Waals surface area contributed by atoms with Crippen molar-refractivity contribution in [2.45, 2.75) is 20.5 Å². The highest BCUT2D eigenvalue weighted by molar-refractivity contribution is 5.66. The van der Waals surface area contributed by atoms with E-state index < -0.39 is 0 Å². The van der Waals surface area contributed by atoms with Gasteiger partial charge in [-0.15, -0.1) is 0 Å². The van der Waals surface area contributed by atoms with Crippen LogP contribution in [0, 0.1) is 13.8 Å². The topological polar surface area (TPSA) is 74.8 Å². The Morgan fingerprint density at radius 1 is 0.966 bits per heavy atom. The number of hydrogen-bond donors (Lipinski definition) is 0. The normalized spacial score (nSPS) is 10.9. The van der Waals surface area contributed by atoms with E-state index in [4.69, 9.17) is 4.74 Å². The number of rotatable bonds is 5. The van der Waals surface area contributed by atoms with E-state index in [1.807, 2.05) is 62.4 Å². The Balaban J connectivity index is 1.62. The maximum absolute atomic E-state index is 12.2. The molecule has 0 N–H and O–H groups in total. The number of benzene rings is 2. The third-order valence-corrected chi connectivity index (χ3v) is 4.79. The number of ether oxygens (including phenoxy) is 1. The van der Waals surface area contributed by atoms with E-state index in [9.17, 15) is 4.79 Å². The minimum atomic E-state index is -0.302. The summed E-state index contributed by atoms with van der Waals surface area (Å²) >= 11 is 0. The molecule has 2 aromatic carbocycles. The van der Waals surface area contributed by atoms with Gasteiger partial charge >= 0.3 is 5.69 Å². The predicted octanol–water partition coefficient (Wildman–Crippen LogP) is 3.22. The predicted molar refractivity (Wildman–Crippen MR) is 110 cm³/mol. The van der Waals surface area contributed by atoms with Crippen LogP contribution in [0.5, 0.6) is 5.75 Å². The molecule has 146 valence electrons. The van der Waals surface area contributed by atoms with E-state index in [2.05, 4.69) is 21.5 Å². The van der Waals surface area contributed by atoms with Crippen LogP contribution in [-0.2, 0) is 13.7 Å². The Labute approximate surface area is 168 Å². The first-order valence-corrected chi connectivity index (χ1v) is 9.27. The molecule has 29 heavy (non-hydrogen) atoms. The molecule has 0 atom stereocenters. The van der Waals surface area contributed by atoms with Crippen LogP contribution in [0.15, 0.2) is 65.6 Å². The summed E-state index contributed by atoms with van der Waals surface area (Å²) in [6, 6.07) is 17.5. The van der Waals surface area contributed by atoms with E-state index in [-0.39, 0.29) is 5.69 Å². The lowest BCUT2D eigenvalue weighted by Crippen LogP contribution is -2.23. The van der Waals surface area contributed by atoms with E-state index in [1.165, 1.54) is 9.36 Å². The molecule has 7 heteroatoms. The molecule has 4 rings (SSSR count). The van der Waals surface area contributed by atoms with Gasteiger partial charge in [0.1, 0.15) is 12.4 Å². The highest BCUT2D eigenvalue weighted by Crippen LogP contribution is 2.29. The molecule has 2 aromatic heterocycles. The van der Waals surface area contributed by atoms with Crippen molar-refractivity contribution in [3.8, 4) is 22.7 Å². The molecule has 0 spiro atoms. The lowest BCUT2D eigenvalue weighted by atomic mass is 10.0.